The number of aromatic nitrogens is 1. The van der Waals surface area contributed by atoms with Gasteiger partial charge in [-0.1, -0.05) is 6.92 Å². The van der Waals surface area contributed by atoms with Crippen molar-refractivity contribution in [2.24, 2.45) is 11.0 Å². The molecule has 2 aromatic heterocycles. The average Bonchev–Trinajstić information content (AvgIpc) is 3.29. The Hall–Kier alpha value is -2.86. The molecule has 1 atom stereocenters. The molecule has 5 nitrogen and oxygen atoms in total. The van der Waals surface area contributed by atoms with Crippen molar-refractivity contribution in [2.75, 3.05) is 6.61 Å². The molecular formula is C25H29N3O2S. The van der Waals surface area contributed by atoms with E-state index in [1.54, 1.807) is 17.6 Å². The zero-order valence-corrected chi connectivity index (χ0v) is 19.4. The summed E-state index contributed by atoms with van der Waals surface area (Å²) in [5, 5.41) is 4.24. The maximum Gasteiger partial charge on any atom is 0.281 e. The van der Waals surface area contributed by atoms with Crippen molar-refractivity contribution in [1.82, 2.24) is 9.99 Å². The van der Waals surface area contributed by atoms with Gasteiger partial charge >= 0.3 is 0 Å². The number of ether oxygens (including phenoxy) is 1. The second-order valence-corrected chi connectivity index (χ2v) is 9.33. The number of benzene rings is 1. The minimum absolute atomic E-state index is 0.136. The van der Waals surface area contributed by atoms with Crippen molar-refractivity contribution in [2.45, 2.75) is 47.0 Å². The van der Waals surface area contributed by atoms with Gasteiger partial charge in [0.05, 0.1) is 17.7 Å². The molecule has 0 aliphatic heterocycles. The number of aryl methyl sites for hydroxylation is 2. The van der Waals surface area contributed by atoms with Crippen LogP contribution in [0, 0.1) is 19.8 Å². The van der Waals surface area contributed by atoms with E-state index >= 15 is 0 Å². The summed E-state index contributed by atoms with van der Waals surface area (Å²) in [6.07, 6.45) is 5.08. The summed E-state index contributed by atoms with van der Waals surface area (Å²) in [7, 11) is 0. The fourth-order valence-corrected chi connectivity index (χ4v) is 5.31. The van der Waals surface area contributed by atoms with E-state index in [1.807, 2.05) is 37.3 Å². The van der Waals surface area contributed by atoms with Crippen molar-refractivity contribution >= 4 is 23.5 Å². The van der Waals surface area contributed by atoms with Crippen LogP contribution in [-0.4, -0.2) is 23.3 Å². The highest BCUT2D eigenvalue weighted by molar-refractivity contribution is 7.14. The van der Waals surface area contributed by atoms with E-state index in [-0.39, 0.29) is 5.91 Å². The van der Waals surface area contributed by atoms with E-state index in [9.17, 15) is 4.79 Å². The molecule has 0 bridgehead atoms. The molecule has 1 aliphatic carbocycles. The fraction of sp³-hybridized carbons (Fsp3) is 0.360. The molecule has 2 heterocycles. The van der Waals surface area contributed by atoms with Gasteiger partial charge in [0.25, 0.3) is 5.91 Å². The molecule has 0 fully saturated rings. The molecule has 1 aliphatic rings. The SMILES string of the molecule is CCOc1ccc(-n2c(C)cc(/C=N/NC(=O)c3cc4c(s3)CCC(C)C4)c2C)cc1. The fourth-order valence-electron chi connectivity index (χ4n) is 4.21. The number of hydrogen-bond donors (Lipinski definition) is 1. The third-order valence-electron chi connectivity index (χ3n) is 5.80. The van der Waals surface area contributed by atoms with E-state index in [1.165, 1.54) is 16.9 Å². The lowest BCUT2D eigenvalue weighted by molar-refractivity contribution is 0.0959. The topological polar surface area (TPSA) is 55.6 Å². The zero-order chi connectivity index (χ0) is 22.0. The number of hydrogen-bond acceptors (Lipinski definition) is 4. The highest BCUT2D eigenvalue weighted by Crippen LogP contribution is 2.32. The minimum Gasteiger partial charge on any atom is -0.494 e. The van der Waals surface area contributed by atoms with Crippen LogP contribution >= 0.6 is 11.3 Å². The van der Waals surface area contributed by atoms with Crippen LogP contribution in [0.2, 0.25) is 0 Å². The molecule has 162 valence electrons. The van der Waals surface area contributed by atoms with E-state index < -0.39 is 0 Å². The van der Waals surface area contributed by atoms with Gasteiger partial charge in [-0.2, -0.15) is 5.10 Å². The molecule has 3 aromatic rings. The van der Waals surface area contributed by atoms with E-state index in [0.29, 0.717) is 12.5 Å². The Morgan fingerprint density at radius 3 is 2.81 bits per heavy atom. The molecule has 0 saturated heterocycles. The number of thiophene rings is 1. The lowest BCUT2D eigenvalue weighted by atomic mass is 9.90. The Labute approximate surface area is 187 Å². The Morgan fingerprint density at radius 2 is 2.06 bits per heavy atom. The predicted octanol–water partition coefficient (Wildman–Crippen LogP) is 5.44. The van der Waals surface area contributed by atoms with Gasteiger partial charge in [0.1, 0.15) is 5.75 Å². The quantitative estimate of drug-likeness (QED) is 0.414. The number of carbonyl (C=O) groups is 1. The van der Waals surface area contributed by atoms with E-state index in [2.05, 4.69) is 41.9 Å². The second kappa shape index (κ2) is 9.10. The van der Waals surface area contributed by atoms with Gasteiger partial charge in [0.2, 0.25) is 0 Å². The largest absolute Gasteiger partial charge is 0.494 e. The second-order valence-electron chi connectivity index (χ2n) is 8.19. The number of rotatable bonds is 6. The van der Waals surface area contributed by atoms with Crippen LogP contribution in [-0.2, 0) is 12.8 Å². The molecule has 0 spiro atoms. The Balaban J connectivity index is 1.46. The first kappa shape index (κ1) is 21.4. The van der Waals surface area contributed by atoms with Crippen LogP contribution in [0.5, 0.6) is 5.75 Å². The molecule has 1 N–H and O–H groups in total. The molecule has 1 amide bonds. The van der Waals surface area contributed by atoms with Gasteiger partial charge in [0.15, 0.2) is 0 Å². The molecular weight excluding hydrogens is 406 g/mol. The number of carbonyl (C=O) groups excluding carboxylic acids is 1. The number of fused-ring (bicyclic) bond motifs is 1. The molecule has 0 saturated carbocycles. The first-order valence-corrected chi connectivity index (χ1v) is 11.6. The van der Waals surface area contributed by atoms with Crippen LogP contribution in [0.3, 0.4) is 0 Å². The maximum atomic E-state index is 12.6. The van der Waals surface area contributed by atoms with Crippen molar-refractivity contribution in [3.63, 3.8) is 0 Å². The molecule has 4 rings (SSSR count). The van der Waals surface area contributed by atoms with Crippen LogP contribution in [0.4, 0.5) is 0 Å². The van der Waals surface area contributed by atoms with Crippen molar-refractivity contribution in [3.05, 3.63) is 68.7 Å². The Kier molecular flexibility index (Phi) is 6.28. The Morgan fingerprint density at radius 1 is 1.29 bits per heavy atom. The van der Waals surface area contributed by atoms with Crippen LogP contribution in [0.25, 0.3) is 5.69 Å². The van der Waals surface area contributed by atoms with Crippen LogP contribution in [0.15, 0.2) is 41.5 Å². The first-order valence-electron chi connectivity index (χ1n) is 10.8. The zero-order valence-electron chi connectivity index (χ0n) is 18.6. The van der Waals surface area contributed by atoms with Crippen LogP contribution < -0.4 is 10.2 Å². The van der Waals surface area contributed by atoms with Crippen LogP contribution in [0.1, 0.15) is 57.3 Å². The summed E-state index contributed by atoms with van der Waals surface area (Å²) in [6.45, 7) is 9.03. The minimum atomic E-state index is -0.136. The standard InChI is InChI=1S/C25H29N3O2S/c1-5-30-22-9-7-21(8-10-22)28-17(3)13-20(18(28)4)15-26-27-25(29)24-14-19-12-16(2)6-11-23(19)31-24/h7-10,13-16H,5-6,11-12H2,1-4H3,(H,27,29)/b26-15+. The maximum absolute atomic E-state index is 12.6. The lowest BCUT2D eigenvalue weighted by Crippen LogP contribution is -2.16. The summed E-state index contributed by atoms with van der Waals surface area (Å²) >= 11 is 1.60. The van der Waals surface area contributed by atoms with Gasteiger partial charge in [-0.15, -0.1) is 11.3 Å². The molecule has 1 aromatic carbocycles. The van der Waals surface area contributed by atoms with Crippen molar-refractivity contribution < 1.29 is 9.53 Å². The van der Waals surface area contributed by atoms with Gasteiger partial charge in [-0.05, 0) is 87.9 Å². The lowest BCUT2D eigenvalue weighted by Gasteiger charge is -2.16. The molecule has 31 heavy (non-hydrogen) atoms. The number of nitrogens with one attached hydrogen (secondary N) is 1. The summed E-state index contributed by atoms with van der Waals surface area (Å²) in [5.74, 6) is 1.42. The van der Waals surface area contributed by atoms with E-state index in [4.69, 9.17) is 4.74 Å². The predicted molar refractivity (Wildman–Crippen MR) is 127 cm³/mol. The number of nitrogens with zero attached hydrogens (tertiary/aromatic N) is 2. The first-order chi connectivity index (χ1) is 15.0. The highest BCUT2D eigenvalue weighted by atomic mass is 32.1. The third kappa shape index (κ3) is 4.59. The molecule has 1 unspecified atom stereocenters. The average molecular weight is 436 g/mol. The normalized spacial score (nSPS) is 15.8. The molecule has 0 radical (unpaired) electrons. The summed E-state index contributed by atoms with van der Waals surface area (Å²) in [4.78, 5) is 14.7. The molecule has 6 heteroatoms. The number of amides is 1. The van der Waals surface area contributed by atoms with Gasteiger partial charge in [-0.3, -0.25) is 4.79 Å². The van der Waals surface area contributed by atoms with Gasteiger partial charge < -0.3 is 9.30 Å². The Bertz CT molecular complexity index is 1110. The smallest absolute Gasteiger partial charge is 0.281 e. The summed E-state index contributed by atoms with van der Waals surface area (Å²) in [5.41, 5.74) is 8.25. The monoisotopic (exact) mass is 435 g/mol. The number of hydrazone groups is 1. The van der Waals surface area contributed by atoms with Crippen molar-refractivity contribution in [1.29, 1.82) is 0 Å². The van der Waals surface area contributed by atoms with Crippen molar-refractivity contribution in [3.8, 4) is 11.4 Å². The highest BCUT2D eigenvalue weighted by Gasteiger charge is 2.20. The van der Waals surface area contributed by atoms with E-state index in [0.717, 1.165) is 46.1 Å². The third-order valence-corrected chi connectivity index (χ3v) is 7.03. The summed E-state index contributed by atoms with van der Waals surface area (Å²) in [6, 6.07) is 12.2. The van der Waals surface area contributed by atoms with Gasteiger partial charge in [0, 0.05) is 27.5 Å². The summed E-state index contributed by atoms with van der Waals surface area (Å²) < 4.78 is 7.71. The van der Waals surface area contributed by atoms with Gasteiger partial charge in [-0.25, -0.2) is 5.43 Å².